The summed E-state index contributed by atoms with van der Waals surface area (Å²) >= 11 is 1.48. The lowest BCUT2D eigenvalue weighted by atomic mass is 10.2. The Kier molecular flexibility index (Phi) is 3.78. The number of amidine groups is 1. The van der Waals surface area contributed by atoms with Crippen molar-refractivity contribution in [3.05, 3.63) is 34.7 Å². The number of hydrogen-bond acceptors (Lipinski definition) is 4. The van der Waals surface area contributed by atoms with Gasteiger partial charge in [-0.1, -0.05) is 12.1 Å². The van der Waals surface area contributed by atoms with E-state index >= 15 is 0 Å². The Morgan fingerprint density at radius 1 is 1.25 bits per heavy atom. The molecule has 1 saturated heterocycles. The number of benzene rings is 1. The first-order valence-electron chi connectivity index (χ1n) is 6.68. The normalized spacial score (nSPS) is 20.6. The molecule has 0 unspecified atom stereocenters. The number of amides is 1. The summed E-state index contributed by atoms with van der Waals surface area (Å²) in [6, 6.07) is 7.65. The SMILES string of the molecule is COc1ccc(/C=C2/SC(N3CCCC3)=NC2=O)cc1. The van der Waals surface area contributed by atoms with Gasteiger partial charge in [0.05, 0.1) is 12.0 Å². The van der Waals surface area contributed by atoms with Gasteiger partial charge in [-0.25, -0.2) is 0 Å². The summed E-state index contributed by atoms with van der Waals surface area (Å²) in [5.74, 6) is 0.680. The van der Waals surface area contributed by atoms with Crippen molar-refractivity contribution in [1.29, 1.82) is 0 Å². The van der Waals surface area contributed by atoms with Crippen LogP contribution in [0.3, 0.4) is 0 Å². The monoisotopic (exact) mass is 288 g/mol. The van der Waals surface area contributed by atoms with E-state index in [-0.39, 0.29) is 5.91 Å². The van der Waals surface area contributed by atoms with Crippen molar-refractivity contribution >= 4 is 28.9 Å². The molecule has 1 amide bonds. The number of ether oxygens (including phenoxy) is 1. The number of carbonyl (C=O) groups is 1. The van der Waals surface area contributed by atoms with Crippen LogP contribution in [0.25, 0.3) is 6.08 Å². The first kappa shape index (κ1) is 13.2. The fraction of sp³-hybridized carbons (Fsp3) is 0.333. The maximum absolute atomic E-state index is 11.9. The highest BCUT2D eigenvalue weighted by molar-refractivity contribution is 8.18. The van der Waals surface area contributed by atoms with E-state index in [4.69, 9.17) is 4.74 Å². The van der Waals surface area contributed by atoms with Gasteiger partial charge in [0, 0.05) is 13.1 Å². The lowest BCUT2D eigenvalue weighted by Crippen LogP contribution is -2.23. The van der Waals surface area contributed by atoms with Gasteiger partial charge in [0.1, 0.15) is 5.75 Å². The van der Waals surface area contributed by atoms with Crippen molar-refractivity contribution in [3.8, 4) is 5.75 Å². The van der Waals surface area contributed by atoms with Crippen molar-refractivity contribution in [2.75, 3.05) is 20.2 Å². The largest absolute Gasteiger partial charge is 0.497 e. The predicted molar refractivity (Wildman–Crippen MR) is 81.8 cm³/mol. The summed E-state index contributed by atoms with van der Waals surface area (Å²) in [5, 5.41) is 0.854. The topological polar surface area (TPSA) is 41.9 Å². The molecule has 2 aliphatic rings. The zero-order valence-electron chi connectivity index (χ0n) is 11.3. The number of thioether (sulfide) groups is 1. The van der Waals surface area contributed by atoms with E-state index in [1.54, 1.807) is 7.11 Å². The molecule has 1 aromatic rings. The van der Waals surface area contributed by atoms with E-state index in [2.05, 4.69) is 9.89 Å². The van der Waals surface area contributed by atoms with Crippen LogP contribution in [0.15, 0.2) is 34.2 Å². The van der Waals surface area contributed by atoms with Crippen LogP contribution in [0.4, 0.5) is 0 Å². The van der Waals surface area contributed by atoms with Crippen LogP contribution < -0.4 is 4.74 Å². The zero-order valence-corrected chi connectivity index (χ0v) is 12.2. The maximum atomic E-state index is 11.9. The Labute approximate surface area is 122 Å². The average Bonchev–Trinajstić information content (AvgIpc) is 3.10. The second kappa shape index (κ2) is 5.71. The molecule has 2 aliphatic heterocycles. The van der Waals surface area contributed by atoms with Gasteiger partial charge in [-0.05, 0) is 48.4 Å². The smallest absolute Gasteiger partial charge is 0.286 e. The molecule has 0 aromatic heterocycles. The van der Waals surface area contributed by atoms with Crippen LogP contribution in [0.5, 0.6) is 5.75 Å². The molecule has 0 spiro atoms. The molecule has 104 valence electrons. The highest BCUT2D eigenvalue weighted by atomic mass is 32.2. The molecule has 4 nitrogen and oxygen atoms in total. The molecule has 2 heterocycles. The molecule has 1 fully saturated rings. The van der Waals surface area contributed by atoms with Gasteiger partial charge in [-0.2, -0.15) is 4.99 Å². The molecule has 0 radical (unpaired) electrons. The molecule has 0 N–H and O–H groups in total. The molecular weight excluding hydrogens is 272 g/mol. The molecule has 20 heavy (non-hydrogen) atoms. The number of likely N-dealkylation sites (tertiary alicyclic amines) is 1. The van der Waals surface area contributed by atoms with Gasteiger partial charge >= 0.3 is 0 Å². The van der Waals surface area contributed by atoms with Gasteiger partial charge in [-0.3, -0.25) is 4.79 Å². The fourth-order valence-corrected chi connectivity index (χ4v) is 3.26. The second-order valence-corrected chi connectivity index (χ2v) is 5.79. The van der Waals surface area contributed by atoms with E-state index in [9.17, 15) is 4.79 Å². The fourth-order valence-electron chi connectivity index (χ4n) is 2.29. The number of methoxy groups -OCH3 is 1. The van der Waals surface area contributed by atoms with Crippen molar-refractivity contribution < 1.29 is 9.53 Å². The van der Waals surface area contributed by atoms with Crippen molar-refractivity contribution in [2.45, 2.75) is 12.8 Å². The Hall–Kier alpha value is -1.75. The summed E-state index contributed by atoms with van der Waals surface area (Å²) < 4.78 is 5.12. The molecular formula is C15H16N2O2S. The van der Waals surface area contributed by atoms with Crippen LogP contribution in [-0.4, -0.2) is 36.2 Å². The summed E-state index contributed by atoms with van der Waals surface area (Å²) in [6.07, 6.45) is 4.26. The Bertz CT molecular complexity index is 572. The summed E-state index contributed by atoms with van der Waals surface area (Å²) in [7, 11) is 1.64. The number of carbonyl (C=O) groups excluding carboxylic acids is 1. The second-order valence-electron chi connectivity index (χ2n) is 4.78. The average molecular weight is 288 g/mol. The third-order valence-corrected chi connectivity index (χ3v) is 4.44. The van der Waals surface area contributed by atoms with Crippen molar-refractivity contribution in [1.82, 2.24) is 4.90 Å². The van der Waals surface area contributed by atoms with Gasteiger partial charge in [0.15, 0.2) is 5.17 Å². The first-order valence-corrected chi connectivity index (χ1v) is 7.49. The molecule has 0 saturated carbocycles. The van der Waals surface area contributed by atoms with Crippen LogP contribution in [-0.2, 0) is 4.79 Å². The minimum atomic E-state index is -0.132. The minimum Gasteiger partial charge on any atom is -0.497 e. The lowest BCUT2D eigenvalue weighted by Gasteiger charge is -2.14. The predicted octanol–water partition coefficient (Wildman–Crippen LogP) is 2.76. The molecule has 3 rings (SSSR count). The molecule has 1 aromatic carbocycles. The third kappa shape index (κ3) is 2.72. The van der Waals surface area contributed by atoms with E-state index in [1.165, 1.54) is 24.6 Å². The van der Waals surface area contributed by atoms with Gasteiger partial charge in [0.2, 0.25) is 0 Å². The number of hydrogen-bond donors (Lipinski definition) is 0. The summed E-state index contributed by atoms with van der Waals surface area (Å²) in [4.78, 5) is 19.0. The Morgan fingerprint density at radius 2 is 1.95 bits per heavy atom. The van der Waals surface area contributed by atoms with Crippen LogP contribution in [0.2, 0.25) is 0 Å². The minimum absolute atomic E-state index is 0.132. The number of nitrogens with zero attached hydrogens (tertiary/aromatic N) is 2. The van der Waals surface area contributed by atoms with Gasteiger partial charge in [-0.15, -0.1) is 0 Å². The molecule has 0 aliphatic carbocycles. The standard InChI is InChI=1S/C15H16N2O2S/c1-19-12-6-4-11(5-7-12)10-13-14(18)16-15(20-13)17-8-2-3-9-17/h4-7,10H,2-3,8-9H2,1H3/b13-10+. The van der Waals surface area contributed by atoms with Gasteiger partial charge < -0.3 is 9.64 Å². The Morgan fingerprint density at radius 3 is 2.60 bits per heavy atom. The van der Waals surface area contributed by atoms with Crippen LogP contribution in [0.1, 0.15) is 18.4 Å². The van der Waals surface area contributed by atoms with Crippen molar-refractivity contribution in [2.24, 2.45) is 4.99 Å². The summed E-state index contributed by atoms with van der Waals surface area (Å²) in [5.41, 5.74) is 0.986. The molecule has 0 bridgehead atoms. The lowest BCUT2D eigenvalue weighted by molar-refractivity contribution is -0.113. The van der Waals surface area contributed by atoms with Gasteiger partial charge in [0.25, 0.3) is 5.91 Å². The number of rotatable bonds is 2. The van der Waals surface area contributed by atoms with Crippen LogP contribution in [0, 0.1) is 0 Å². The van der Waals surface area contributed by atoms with E-state index in [0.717, 1.165) is 29.6 Å². The summed E-state index contributed by atoms with van der Waals surface area (Å²) in [6.45, 7) is 2.02. The maximum Gasteiger partial charge on any atom is 0.286 e. The third-order valence-electron chi connectivity index (χ3n) is 3.40. The van der Waals surface area contributed by atoms with E-state index in [1.807, 2.05) is 30.3 Å². The zero-order chi connectivity index (χ0) is 13.9. The quantitative estimate of drug-likeness (QED) is 0.785. The highest BCUT2D eigenvalue weighted by Crippen LogP contribution is 2.31. The van der Waals surface area contributed by atoms with E-state index < -0.39 is 0 Å². The Balaban J connectivity index is 1.74. The molecule has 0 atom stereocenters. The van der Waals surface area contributed by atoms with E-state index in [0.29, 0.717) is 4.91 Å². The first-order chi connectivity index (χ1) is 9.76. The highest BCUT2D eigenvalue weighted by Gasteiger charge is 2.27. The molecule has 5 heteroatoms. The van der Waals surface area contributed by atoms with Crippen LogP contribution >= 0.6 is 11.8 Å². The van der Waals surface area contributed by atoms with Crippen molar-refractivity contribution in [3.63, 3.8) is 0 Å². The number of aliphatic imine (C=N–C) groups is 1.